The minimum absolute atomic E-state index is 0.721. The molecule has 0 saturated carbocycles. The summed E-state index contributed by atoms with van der Waals surface area (Å²) in [7, 11) is 2.16. The maximum atomic E-state index is 4.55. The van der Waals surface area contributed by atoms with E-state index < -0.39 is 0 Å². The number of thiophene rings is 1. The van der Waals surface area contributed by atoms with Crippen molar-refractivity contribution in [1.82, 2.24) is 15.3 Å². The van der Waals surface area contributed by atoms with Gasteiger partial charge in [0.2, 0.25) is 0 Å². The van der Waals surface area contributed by atoms with E-state index in [0.29, 0.717) is 0 Å². The Morgan fingerprint density at radius 3 is 3.00 bits per heavy atom. The van der Waals surface area contributed by atoms with Crippen LogP contribution in [0.1, 0.15) is 23.3 Å². The van der Waals surface area contributed by atoms with Crippen molar-refractivity contribution in [2.75, 3.05) is 31.6 Å². The highest BCUT2D eigenvalue weighted by Gasteiger charge is 2.19. The molecule has 1 saturated heterocycles. The molecule has 1 N–H and O–H groups in total. The van der Waals surface area contributed by atoms with Crippen LogP contribution in [-0.2, 0) is 0 Å². The zero-order chi connectivity index (χ0) is 14.1. The smallest absolute Gasteiger partial charge is 0.140 e. The van der Waals surface area contributed by atoms with E-state index >= 15 is 0 Å². The molecule has 3 rings (SSSR count). The highest BCUT2D eigenvalue weighted by Crippen LogP contribution is 2.34. The van der Waals surface area contributed by atoms with Crippen molar-refractivity contribution in [3.63, 3.8) is 0 Å². The number of rotatable bonds is 3. The average molecular weight is 290 g/mol. The van der Waals surface area contributed by atoms with E-state index in [4.69, 9.17) is 0 Å². The van der Waals surface area contributed by atoms with Gasteiger partial charge in [0.05, 0.1) is 5.39 Å². The fraction of sp³-hybridized carbons (Fsp3) is 0.600. The molecule has 0 aromatic carbocycles. The fourth-order valence-electron chi connectivity index (χ4n) is 3.01. The molecule has 4 nitrogen and oxygen atoms in total. The van der Waals surface area contributed by atoms with Crippen LogP contribution < -0.4 is 10.2 Å². The van der Waals surface area contributed by atoms with Crippen molar-refractivity contribution >= 4 is 27.4 Å². The zero-order valence-electron chi connectivity index (χ0n) is 12.4. The molecule has 1 atom stereocenters. The van der Waals surface area contributed by atoms with Gasteiger partial charge in [-0.2, -0.15) is 0 Å². The molecule has 0 amide bonds. The summed E-state index contributed by atoms with van der Waals surface area (Å²) in [6.45, 7) is 7.70. The number of anilines is 1. The molecule has 5 heteroatoms. The van der Waals surface area contributed by atoms with Crippen molar-refractivity contribution in [3.05, 3.63) is 16.8 Å². The second kappa shape index (κ2) is 5.66. The number of nitrogens with one attached hydrogen (secondary N) is 1. The lowest BCUT2D eigenvalue weighted by molar-refractivity contribution is 0.381. The van der Waals surface area contributed by atoms with Crippen molar-refractivity contribution in [2.45, 2.75) is 26.7 Å². The van der Waals surface area contributed by atoms with Crippen LogP contribution in [0.5, 0.6) is 0 Å². The lowest BCUT2D eigenvalue weighted by atomic mass is 9.99. The van der Waals surface area contributed by atoms with E-state index in [1.54, 1.807) is 17.7 Å². The van der Waals surface area contributed by atoms with Gasteiger partial charge in [0.25, 0.3) is 0 Å². The highest BCUT2D eigenvalue weighted by atomic mass is 32.1. The van der Waals surface area contributed by atoms with E-state index in [-0.39, 0.29) is 0 Å². The molecular formula is C15H22N4S. The number of hydrogen-bond acceptors (Lipinski definition) is 5. The van der Waals surface area contributed by atoms with Crippen LogP contribution in [-0.4, -0.2) is 36.6 Å². The second-order valence-electron chi connectivity index (χ2n) is 5.75. The molecule has 0 radical (unpaired) electrons. The van der Waals surface area contributed by atoms with E-state index in [0.717, 1.165) is 29.7 Å². The summed E-state index contributed by atoms with van der Waals surface area (Å²) >= 11 is 1.77. The van der Waals surface area contributed by atoms with Gasteiger partial charge in [-0.25, -0.2) is 9.97 Å². The summed E-state index contributed by atoms with van der Waals surface area (Å²) < 4.78 is 0. The quantitative estimate of drug-likeness (QED) is 0.943. The first-order valence-corrected chi connectivity index (χ1v) is 8.11. The third kappa shape index (κ3) is 2.52. The van der Waals surface area contributed by atoms with E-state index in [1.807, 2.05) is 0 Å². The van der Waals surface area contributed by atoms with Crippen LogP contribution in [0.3, 0.4) is 0 Å². The van der Waals surface area contributed by atoms with Crippen LogP contribution in [0.15, 0.2) is 6.33 Å². The van der Waals surface area contributed by atoms with Crippen molar-refractivity contribution in [2.24, 2.45) is 5.92 Å². The van der Waals surface area contributed by atoms with Gasteiger partial charge in [0.15, 0.2) is 0 Å². The monoisotopic (exact) mass is 290 g/mol. The predicted octanol–water partition coefficient (Wildman–Crippen LogP) is 2.74. The molecular weight excluding hydrogens is 268 g/mol. The van der Waals surface area contributed by atoms with Gasteiger partial charge in [-0.05, 0) is 51.3 Å². The van der Waals surface area contributed by atoms with Crippen LogP contribution in [0.4, 0.5) is 5.82 Å². The van der Waals surface area contributed by atoms with Gasteiger partial charge in [0.1, 0.15) is 17.0 Å². The van der Waals surface area contributed by atoms with E-state index in [1.165, 1.54) is 35.2 Å². The lowest BCUT2D eigenvalue weighted by Crippen LogP contribution is -2.37. The molecule has 1 aliphatic rings. The lowest BCUT2D eigenvalue weighted by Gasteiger charge is -2.28. The number of fused-ring (bicyclic) bond motifs is 1. The third-order valence-electron chi connectivity index (χ3n) is 4.24. The summed E-state index contributed by atoms with van der Waals surface area (Å²) in [4.78, 5) is 13.7. The maximum absolute atomic E-state index is 4.55. The van der Waals surface area contributed by atoms with Crippen LogP contribution in [0, 0.1) is 19.8 Å². The van der Waals surface area contributed by atoms with E-state index in [9.17, 15) is 0 Å². The SMILES string of the molecule is Cc1sc2ncnc(N(C)CC3CCCNC3)c2c1C. The number of piperidine rings is 1. The highest BCUT2D eigenvalue weighted by molar-refractivity contribution is 7.18. The molecule has 108 valence electrons. The molecule has 2 aromatic rings. The Balaban J connectivity index is 1.88. The second-order valence-corrected chi connectivity index (χ2v) is 6.96. The van der Waals surface area contributed by atoms with Crippen LogP contribution >= 0.6 is 11.3 Å². The molecule has 1 fully saturated rings. The van der Waals surface area contributed by atoms with Gasteiger partial charge in [0, 0.05) is 18.5 Å². The molecule has 0 bridgehead atoms. The molecule has 2 aromatic heterocycles. The first kappa shape index (κ1) is 13.8. The molecule has 1 unspecified atom stereocenters. The van der Waals surface area contributed by atoms with Gasteiger partial charge >= 0.3 is 0 Å². The first-order valence-electron chi connectivity index (χ1n) is 7.29. The Bertz CT molecular complexity index is 601. The largest absolute Gasteiger partial charge is 0.359 e. The van der Waals surface area contributed by atoms with Gasteiger partial charge in [-0.3, -0.25) is 0 Å². The molecule has 1 aliphatic heterocycles. The van der Waals surface area contributed by atoms with Crippen molar-refractivity contribution < 1.29 is 0 Å². The number of nitrogens with zero attached hydrogens (tertiary/aromatic N) is 3. The standard InChI is InChI=1S/C15H22N4S/c1-10-11(2)20-15-13(10)14(17-9-18-15)19(3)8-12-5-4-6-16-7-12/h9,12,16H,4-8H2,1-3H3. The minimum atomic E-state index is 0.721. The van der Waals surface area contributed by atoms with Gasteiger partial charge < -0.3 is 10.2 Å². The van der Waals surface area contributed by atoms with Gasteiger partial charge in [-0.15, -0.1) is 11.3 Å². The topological polar surface area (TPSA) is 41.1 Å². The fourth-order valence-corrected chi connectivity index (χ4v) is 4.00. The Kier molecular flexibility index (Phi) is 3.89. The normalized spacial score (nSPS) is 19.4. The summed E-state index contributed by atoms with van der Waals surface area (Å²) in [5.74, 6) is 1.81. The van der Waals surface area contributed by atoms with Crippen molar-refractivity contribution in [3.8, 4) is 0 Å². The summed E-state index contributed by atoms with van der Waals surface area (Å²) in [5, 5.41) is 4.72. The molecule has 3 heterocycles. The zero-order valence-corrected chi connectivity index (χ0v) is 13.3. The number of aromatic nitrogens is 2. The van der Waals surface area contributed by atoms with Crippen LogP contribution in [0.25, 0.3) is 10.2 Å². The first-order chi connectivity index (χ1) is 9.66. The molecule has 0 aliphatic carbocycles. The summed E-state index contributed by atoms with van der Waals surface area (Å²) in [6, 6.07) is 0. The third-order valence-corrected chi connectivity index (χ3v) is 5.35. The van der Waals surface area contributed by atoms with E-state index in [2.05, 4.69) is 41.1 Å². The van der Waals surface area contributed by atoms with Crippen LogP contribution in [0.2, 0.25) is 0 Å². The number of hydrogen-bond donors (Lipinski definition) is 1. The van der Waals surface area contributed by atoms with Gasteiger partial charge in [-0.1, -0.05) is 0 Å². The number of aryl methyl sites for hydroxylation is 2. The van der Waals surface area contributed by atoms with Crippen molar-refractivity contribution in [1.29, 1.82) is 0 Å². The summed E-state index contributed by atoms with van der Waals surface area (Å²) in [5.41, 5.74) is 1.33. The molecule has 0 spiro atoms. The minimum Gasteiger partial charge on any atom is -0.359 e. The Morgan fingerprint density at radius 2 is 2.25 bits per heavy atom. The predicted molar refractivity (Wildman–Crippen MR) is 85.8 cm³/mol. The Labute approximate surface area is 124 Å². The Hall–Kier alpha value is -1.20. The average Bonchev–Trinajstić information content (AvgIpc) is 2.75. The maximum Gasteiger partial charge on any atom is 0.140 e. The molecule has 20 heavy (non-hydrogen) atoms. The Morgan fingerprint density at radius 1 is 1.40 bits per heavy atom. The summed E-state index contributed by atoms with van der Waals surface area (Å²) in [6.07, 6.45) is 4.30.